The van der Waals surface area contributed by atoms with Crippen molar-refractivity contribution in [3.8, 4) is 0 Å². The summed E-state index contributed by atoms with van der Waals surface area (Å²) in [4.78, 5) is 3.06. The van der Waals surface area contributed by atoms with E-state index in [-0.39, 0.29) is 6.04 Å². The van der Waals surface area contributed by atoms with E-state index in [1.54, 1.807) is 0 Å². The van der Waals surface area contributed by atoms with Crippen molar-refractivity contribution in [2.24, 2.45) is 5.73 Å². The van der Waals surface area contributed by atoms with Crippen LogP contribution in [0.5, 0.6) is 0 Å². The van der Waals surface area contributed by atoms with Crippen molar-refractivity contribution in [1.82, 2.24) is 4.90 Å². The molecule has 0 aliphatic carbocycles. The summed E-state index contributed by atoms with van der Waals surface area (Å²) < 4.78 is 1.27. The third-order valence-corrected chi connectivity index (χ3v) is 4.23. The second-order valence-corrected chi connectivity index (χ2v) is 6.23. The minimum absolute atomic E-state index is 0.290. The highest BCUT2D eigenvalue weighted by atomic mass is 127. The van der Waals surface area contributed by atoms with Crippen molar-refractivity contribution < 1.29 is 0 Å². The number of likely N-dealkylation sites (tertiary alicyclic amines) is 1. The Morgan fingerprint density at radius 1 is 1.35 bits per heavy atom. The predicted molar refractivity (Wildman–Crippen MR) is 84.0 cm³/mol. The van der Waals surface area contributed by atoms with E-state index in [2.05, 4.69) is 51.8 Å². The minimum Gasteiger partial charge on any atom is -0.392 e. The van der Waals surface area contributed by atoms with Crippen LogP contribution in [0.2, 0.25) is 0 Å². The van der Waals surface area contributed by atoms with Crippen LogP contribution in [0.4, 0.5) is 0 Å². The van der Waals surface area contributed by atoms with Gasteiger partial charge in [-0.3, -0.25) is 4.90 Å². The van der Waals surface area contributed by atoms with Crippen molar-refractivity contribution in [2.75, 3.05) is 6.54 Å². The Balaban J connectivity index is 2.05. The average molecular weight is 360 g/mol. The molecule has 1 aliphatic heterocycles. The molecule has 1 aromatic rings. The second-order valence-electron chi connectivity index (χ2n) is 4.51. The van der Waals surface area contributed by atoms with Crippen LogP contribution in [-0.2, 0) is 6.54 Å². The van der Waals surface area contributed by atoms with Crippen LogP contribution < -0.4 is 5.73 Å². The number of hydrogen-bond acceptors (Lipinski definition) is 2. The fourth-order valence-electron chi connectivity index (χ4n) is 2.33. The summed E-state index contributed by atoms with van der Waals surface area (Å²) in [5.74, 6) is 0. The number of rotatable bonds is 3. The summed E-state index contributed by atoms with van der Waals surface area (Å²) >= 11 is 7.49. The molecule has 1 saturated heterocycles. The van der Waals surface area contributed by atoms with E-state index >= 15 is 0 Å². The first-order valence-corrected chi connectivity index (χ1v) is 7.43. The maximum Gasteiger partial charge on any atom is 0.0902 e. The van der Waals surface area contributed by atoms with Gasteiger partial charge in [-0.2, -0.15) is 0 Å². The van der Waals surface area contributed by atoms with Crippen LogP contribution in [0.1, 0.15) is 24.8 Å². The van der Waals surface area contributed by atoms with Crippen molar-refractivity contribution >= 4 is 39.8 Å². The van der Waals surface area contributed by atoms with Crippen molar-refractivity contribution in [3.63, 3.8) is 0 Å². The van der Waals surface area contributed by atoms with Gasteiger partial charge in [-0.1, -0.05) is 30.8 Å². The third-order valence-electron chi connectivity index (χ3n) is 3.24. The number of hydrogen-bond donors (Lipinski definition) is 1. The molecule has 0 amide bonds. The maximum atomic E-state index is 5.82. The van der Waals surface area contributed by atoms with Gasteiger partial charge in [0.25, 0.3) is 0 Å². The first-order valence-electron chi connectivity index (χ1n) is 5.94. The van der Waals surface area contributed by atoms with Crippen LogP contribution in [-0.4, -0.2) is 22.5 Å². The van der Waals surface area contributed by atoms with Gasteiger partial charge >= 0.3 is 0 Å². The Kier molecular flexibility index (Phi) is 4.76. The van der Waals surface area contributed by atoms with Crippen LogP contribution in [0.3, 0.4) is 0 Å². The highest BCUT2D eigenvalue weighted by molar-refractivity contribution is 14.1. The lowest BCUT2D eigenvalue weighted by Crippen LogP contribution is -2.46. The largest absolute Gasteiger partial charge is 0.392 e. The number of halogens is 1. The van der Waals surface area contributed by atoms with Gasteiger partial charge in [0.15, 0.2) is 0 Å². The molecule has 0 radical (unpaired) electrons. The lowest BCUT2D eigenvalue weighted by Gasteiger charge is -2.35. The van der Waals surface area contributed by atoms with Gasteiger partial charge in [-0.05, 0) is 59.7 Å². The molecule has 1 heterocycles. The SMILES string of the molecule is NC(=S)C1CCCCN1Cc1ccc(I)cc1. The summed E-state index contributed by atoms with van der Waals surface area (Å²) in [6, 6.07) is 8.96. The van der Waals surface area contributed by atoms with Crippen LogP contribution in [0.25, 0.3) is 0 Å². The topological polar surface area (TPSA) is 29.3 Å². The Labute approximate surface area is 122 Å². The molecule has 1 aromatic carbocycles. The first kappa shape index (κ1) is 13.2. The standard InChI is InChI=1S/C13H17IN2S/c14-11-6-4-10(5-7-11)9-16-8-2-1-3-12(16)13(15)17/h4-7,12H,1-3,8-9H2,(H2,15,17). The third kappa shape index (κ3) is 3.63. The van der Waals surface area contributed by atoms with Gasteiger partial charge in [0.2, 0.25) is 0 Å². The molecular formula is C13H17IN2S. The van der Waals surface area contributed by atoms with Crippen LogP contribution in [0, 0.1) is 3.57 Å². The summed E-state index contributed by atoms with van der Waals surface area (Å²) in [5, 5.41) is 0. The number of piperidine rings is 1. The second kappa shape index (κ2) is 6.11. The Bertz CT molecular complexity index is 391. The average Bonchev–Trinajstić information content (AvgIpc) is 2.32. The van der Waals surface area contributed by atoms with E-state index in [0.29, 0.717) is 4.99 Å². The van der Waals surface area contributed by atoms with E-state index in [1.165, 1.54) is 22.0 Å². The number of benzene rings is 1. The number of thiocarbonyl (C=S) groups is 1. The smallest absolute Gasteiger partial charge is 0.0902 e. The van der Waals surface area contributed by atoms with Gasteiger partial charge in [0, 0.05) is 10.1 Å². The molecule has 2 N–H and O–H groups in total. The number of nitrogens with zero attached hydrogens (tertiary/aromatic N) is 1. The number of nitrogens with two attached hydrogens (primary N) is 1. The van der Waals surface area contributed by atoms with Gasteiger partial charge in [0.05, 0.1) is 11.0 Å². The zero-order valence-electron chi connectivity index (χ0n) is 9.73. The molecule has 0 saturated carbocycles. The molecule has 92 valence electrons. The van der Waals surface area contributed by atoms with Gasteiger partial charge in [0.1, 0.15) is 0 Å². The van der Waals surface area contributed by atoms with Gasteiger partial charge < -0.3 is 5.73 Å². The predicted octanol–water partition coefficient (Wildman–Crippen LogP) is 2.93. The fourth-order valence-corrected chi connectivity index (χ4v) is 2.95. The lowest BCUT2D eigenvalue weighted by atomic mass is 10.0. The lowest BCUT2D eigenvalue weighted by molar-refractivity contribution is 0.184. The van der Waals surface area contributed by atoms with Crippen molar-refractivity contribution in [2.45, 2.75) is 31.8 Å². The Morgan fingerprint density at radius 2 is 2.06 bits per heavy atom. The quantitative estimate of drug-likeness (QED) is 0.664. The molecule has 1 fully saturated rings. The van der Waals surface area contributed by atoms with E-state index < -0.39 is 0 Å². The molecule has 1 aliphatic rings. The molecule has 0 bridgehead atoms. The molecular weight excluding hydrogens is 343 g/mol. The van der Waals surface area contributed by atoms with E-state index in [9.17, 15) is 0 Å². The molecule has 2 rings (SSSR count). The zero-order chi connectivity index (χ0) is 12.3. The molecule has 1 unspecified atom stereocenters. The van der Waals surface area contributed by atoms with Crippen molar-refractivity contribution in [3.05, 3.63) is 33.4 Å². The summed E-state index contributed by atoms with van der Waals surface area (Å²) in [7, 11) is 0. The van der Waals surface area contributed by atoms with Crippen molar-refractivity contribution in [1.29, 1.82) is 0 Å². The Morgan fingerprint density at radius 3 is 2.71 bits per heavy atom. The maximum absolute atomic E-state index is 5.82. The fraction of sp³-hybridized carbons (Fsp3) is 0.462. The normalized spacial score (nSPS) is 21.4. The first-order chi connectivity index (χ1) is 8.16. The highest BCUT2D eigenvalue weighted by Crippen LogP contribution is 2.20. The molecule has 0 spiro atoms. The van der Waals surface area contributed by atoms with Crippen LogP contribution >= 0.6 is 34.8 Å². The zero-order valence-corrected chi connectivity index (χ0v) is 12.7. The molecule has 17 heavy (non-hydrogen) atoms. The highest BCUT2D eigenvalue weighted by Gasteiger charge is 2.24. The van der Waals surface area contributed by atoms with Gasteiger partial charge in [-0.25, -0.2) is 0 Å². The van der Waals surface area contributed by atoms with E-state index in [0.717, 1.165) is 19.5 Å². The Hall–Kier alpha value is -0.200. The minimum atomic E-state index is 0.290. The van der Waals surface area contributed by atoms with Gasteiger partial charge in [-0.15, -0.1) is 0 Å². The molecule has 0 aromatic heterocycles. The van der Waals surface area contributed by atoms with Crippen LogP contribution in [0.15, 0.2) is 24.3 Å². The van der Waals surface area contributed by atoms with E-state index in [1.807, 2.05) is 0 Å². The summed E-state index contributed by atoms with van der Waals surface area (Å²) in [6.45, 7) is 2.06. The van der Waals surface area contributed by atoms with E-state index in [4.69, 9.17) is 18.0 Å². The summed E-state index contributed by atoms with van der Waals surface area (Å²) in [6.07, 6.45) is 3.61. The molecule has 2 nitrogen and oxygen atoms in total. The monoisotopic (exact) mass is 360 g/mol. The summed E-state index contributed by atoms with van der Waals surface area (Å²) in [5.41, 5.74) is 7.17. The molecule has 4 heteroatoms. The molecule has 1 atom stereocenters.